The lowest BCUT2D eigenvalue weighted by Crippen LogP contribution is -2.15. The Bertz CT molecular complexity index is 481. The molecule has 0 fully saturated rings. The Balaban J connectivity index is 2.23. The molecule has 1 aromatic heterocycles. The Morgan fingerprint density at radius 3 is 2.87 bits per heavy atom. The summed E-state index contributed by atoms with van der Waals surface area (Å²) in [6, 6.07) is 0. The highest BCUT2D eigenvalue weighted by Crippen LogP contribution is 2.14. The van der Waals surface area contributed by atoms with Crippen molar-refractivity contribution in [2.45, 2.75) is 6.42 Å². The molecule has 0 radical (unpaired) electrons. The van der Waals surface area contributed by atoms with Crippen LogP contribution in [-0.4, -0.2) is 19.3 Å². The molecule has 1 aromatic rings. The summed E-state index contributed by atoms with van der Waals surface area (Å²) in [6.07, 6.45) is 10.3. The van der Waals surface area contributed by atoms with E-state index in [9.17, 15) is 0 Å². The van der Waals surface area contributed by atoms with Gasteiger partial charge in [0.1, 0.15) is 0 Å². The molecule has 0 atom stereocenters. The van der Waals surface area contributed by atoms with E-state index >= 15 is 0 Å². The zero-order valence-corrected chi connectivity index (χ0v) is 9.94. The highest BCUT2D eigenvalue weighted by atomic mass is 32.1. The zero-order chi connectivity index (χ0) is 10.8. The molecule has 0 bridgehead atoms. The van der Waals surface area contributed by atoms with E-state index in [4.69, 9.17) is 24.4 Å². The summed E-state index contributed by atoms with van der Waals surface area (Å²) < 4.78 is 1.99. The molecule has 0 N–H and O–H groups in total. The molecule has 1 aliphatic rings. The standard InChI is InChI=1S/C11H10N2S2/c1-13-7-12-6-9(13)5-8-3-2-4-10(14)11(8)15/h2-4,6-7H,5H2,1H3. The molecule has 0 saturated heterocycles. The van der Waals surface area contributed by atoms with Crippen LogP contribution in [0.15, 0.2) is 36.3 Å². The van der Waals surface area contributed by atoms with Crippen molar-refractivity contribution in [1.82, 2.24) is 9.55 Å². The van der Waals surface area contributed by atoms with Gasteiger partial charge in [-0.1, -0.05) is 36.6 Å². The van der Waals surface area contributed by atoms with E-state index < -0.39 is 0 Å². The second kappa shape index (κ2) is 4.16. The van der Waals surface area contributed by atoms with Crippen molar-refractivity contribution in [1.29, 1.82) is 0 Å². The van der Waals surface area contributed by atoms with Gasteiger partial charge >= 0.3 is 0 Å². The summed E-state index contributed by atoms with van der Waals surface area (Å²) in [6.45, 7) is 0. The number of hydrogen-bond donors (Lipinski definition) is 0. The number of rotatable bonds is 2. The third-order valence-electron chi connectivity index (χ3n) is 2.35. The number of aromatic nitrogens is 2. The van der Waals surface area contributed by atoms with Crippen molar-refractivity contribution >= 4 is 34.2 Å². The monoisotopic (exact) mass is 234 g/mol. The number of aryl methyl sites for hydroxylation is 1. The van der Waals surface area contributed by atoms with E-state index in [1.165, 1.54) is 0 Å². The highest BCUT2D eigenvalue weighted by Gasteiger charge is 2.13. The molecule has 0 amide bonds. The van der Waals surface area contributed by atoms with Crippen molar-refractivity contribution in [3.63, 3.8) is 0 Å². The Hall–Kier alpha value is -1.13. The van der Waals surface area contributed by atoms with Crippen molar-refractivity contribution in [2.24, 2.45) is 7.05 Å². The van der Waals surface area contributed by atoms with Crippen LogP contribution in [0.5, 0.6) is 0 Å². The number of allylic oxidation sites excluding steroid dienone is 4. The lowest BCUT2D eigenvalue weighted by molar-refractivity contribution is 0.847. The minimum absolute atomic E-state index is 0.754. The molecular weight excluding hydrogens is 224 g/mol. The van der Waals surface area contributed by atoms with E-state index in [2.05, 4.69) is 4.98 Å². The molecule has 76 valence electrons. The fraction of sp³-hybridized carbons (Fsp3) is 0.182. The minimum atomic E-state index is 0.754. The second-order valence-electron chi connectivity index (χ2n) is 3.42. The maximum atomic E-state index is 5.28. The van der Waals surface area contributed by atoms with E-state index in [0.717, 1.165) is 27.4 Å². The molecule has 0 aromatic carbocycles. The Morgan fingerprint density at radius 1 is 1.40 bits per heavy atom. The van der Waals surface area contributed by atoms with E-state index in [-0.39, 0.29) is 0 Å². The van der Waals surface area contributed by atoms with Crippen LogP contribution in [0.3, 0.4) is 0 Å². The van der Waals surface area contributed by atoms with Gasteiger partial charge in [0.15, 0.2) is 0 Å². The third kappa shape index (κ3) is 2.11. The zero-order valence-electron chi connectivity index (χ0n) is 8.30. The third-order valence-corrected chi connectivity index (χ3v) is 3.30. The average Bonchev–Trinajstić information content (AvgIpc) is 2.60. The summed E-state index contributed by atoms with van der Waals surface area (Å²) in [5.74, 6) is 0. The molecule has 0 spiro atoms. The van der Waals surface area contributed by atoms with Gasteiger partial charge < -0.3 is 4.57 Å². The maximum Gasteiger partial charge on any atom is 0.0945 e. The molecule has 0 unspecified atom stereocenters. The van der Waals surface area contributed by atoms with Gasteiger partial charge in [0.05, 0.1) is 16.1 Å². The fourth-order valence-electron chi connectivity index (χ4n) is 1.45. The van der Waals surface area contributed by atoms with Gasteiger partial charge in [-0.2, -0.15) is 0 Å². The quantitative estimate of drug-likeness (QED) is 0.731. The van der Waals surface area contributed by atoms with Crippen LogP contribution in [0.4, 0.5) is 0 Å². The Morgan fingerprint density at radius 2 is 2.20 bits per heavy atom. The van der Waals surface area contributed by atoms with Gasteiger partial charge in [0.25, 0.3) is 0 Å². The SMILES string of the molecule is Cn1cncc1CC1=CC=CC(=S)C1=S. The summed E-state index contributed by atoms with van der Waals surface area (Å²) in [4.78, 5) is 5.61. The number of thiocarbonyl (C=S) groups is 2. The van der Waals surface area contributed by atoms with Crippen LogP contribution < -0.4 is 0 Å². The second-order valence-corrected chi connectivity index (χ2v) is 4.27. The first-order valence-electron chi connectivity index (χ1n) is 4.59. The van der Waals surface area contributed by atoms with E-state index in [0.29, 0.717) is 0 Å². The molecule has 4 heteroatoms. The van der Waals surface area contributed by atoms with Crippen LogP contribution in [0, 0.1) is 0 Å². The van der Waals surface area contributed by atoms with Gasteiger partial charge in [-0.15, -0.1) is 0 Å². The topological polar surface area (TPSA) is 17.8 Å². The molecular formula is C11H10N2S2. The van der Waals surface area contributed by atoms with E-state index in [1.807, 2.05) is 36.0 Å². The Labute approximate surface area is 99.3 Å². The van der Waals surface area contributed by atoms with E-state index in [1.54, 1.807) is 6.33 Å². The lowest BCUT2D eigenvalue weighted by atomic mass is 10.0. The predicted molar refractivity (Wildman–Crippen MR) is 69.3 cm³/mol. The maximum absolute atomic E-state index is 5.28. The first kappa shape index (κ1) is 10.4. The molecule has 15 heavy (non-hydrogen) atoms. The van der Waals surface area contributed by atoms with Crippen LogP contribution in [-0.2, 0) is 13.5 Å². The molecule has 1 aliphatic carbocycles. The number of imidazole rings is 1. The van der Waals surface area contributed by atoms with Gasteiger partial charge in [0, 0.05) is 25.4 Å². The largest absolute Gasteiger partial charge is 0.337 e. The van der Waals surface area contributed by atoms with Crippen molar-refractivity contribution < 1.29 is 0 Å². The average molecular weight is 234 g/mol. The van der Waals surface area contributed by atoms with Crippen LogP contribution in [0.1, 0.15) is 5.69 Å². The van der Waals surface area contributed by atoms with Crippen molar-refractivity contribution in [3.8, 4) is 0 Å². The summed E-state index contributed by atoms with van der Waals surface area (Å²) >= 11 is 10.4. The Kier molecular flexibility index (Phi) is 2.88. The first-order chi connectivity index (χ1) is 7.18. The van der Waals surface area contributed by atoms with Gasteiger partial charge in [-0.25, -0.2) is 4.98 Å². The van der Waals surface area contributed by atoms with Crippen LogP contribution >= 0.6 is 24.4 Å². The molecule has 2 rings (SSSR count). The predicted octanol–water partition coefficient (Wildman–Crippen LogP) is 2.20. The first-order valence-corrected chi connectivity index (χ1v) is 5.41. The van der Waals surface area contributed by atoms with Gasteiger partial charge in [-0.05, 0) is 11.6 Å². The van der Waals surface area contributed by atoms with Crippen molar-refractivity contribution in [3.05, 3.63) is 42.0 Å². The fourth-order valence-corrected chi connectivity index (χ4v) is 1.87. The summed E-state index contributed by atoms with van der Waals surface area (Å²) in [5.41, 5.74) is 2.24. The number of nitrogens with zero attached hydrogens (tertiary/aromatic N) is 2. The molecule has 0 saturated carbocycles. The van der Waals surface area contributed by atoms with Gasteiger partial charge in [0.2, 0.25) is 0 Å². The van der Waals surface area contributed by atoms with Crippen LogP contribution in [0.25, 0.3) is 0 Å². The molecule has 2 nitrogen and oxygen atoms in total. The number of hydrogen-bond acceptors (Lipinski definition) is 3. The van der Waals surface area contributed by atoms with Crippen molar-refractivity contribution in [2.75, 3.05) is 0 Å². The summed E-state index contributed by atoms with van der Waals surface area (Å²) in [5, 5.41) is 0. The summed E-state index contributed by atoms with van der Waals surface area (Å²) in [7, 11) is 1.98. The van der Waals surface area contributed by atoms with Gasteiger partial charge in [-0.3, -0.25) is 0 Å². The normalized spacial score (nSPS) is 15.7. The minimum Gasteiger partial charge on any atom is -0.337 e. The molecule has 0 aliphatic heterocycles. The highest BCUT2D eigenvalue weighted by molar-refractivity contribution is 7.90. The van der Waals surface area contributed by atoms with Crippen LogP contribution in [0.2, 0.25) is 0 Å². The lowest BCUT2D eigenvalue weighted by Gasteiger charge is -2.11. The smallest absolute Gasteiger partial charge is 0.0945 e. The molecule has 1 heterocycles.